The van der Waals surface area contributed by atoms with Crippen LogP contribution in [0.1, 0.15) is 50.3 Å². The molecule has 0 aliphatic rings. The number of unbranched alkanes of at least 4 members (excludes halogenated alkanes) is 4. The molecule has 23 heavy (non-hydrogen) atoms. The van der Waals surface area contributed by atoms with Crippen LogP contribution in [-0.2, 0) is 11.3 Å². The van der Waals surface area contributed by atoms with E-state index in [-0.39, 0.29) is 5.91 Å². The topological polar surface area (TPSA) is 20.3 Å². The van der Waals surface area contributed by atoms with Crippen LogP contribution in [0.4, 0.5) is 0 Å². The van der Waals surface area contributed by atoms with E-state index in [1.807, 2.05) is 30.1 Å². The Kier molecular flexibility index (Phi) is 7.34. The van der Waals surface area contributed by atoms with Crippen molar-refractivity contribution in [1.82, 2.24) is 4.90 Å². The minimum absolute atomic E-state index is 0.253. The Labute approximate surface area is 144 Å². The second-order valence-corrected chi connectivity index (χ2v) is 6.99. The van der Waals surface area contributed by atoms with Gasteiger partial charge in [-0.2, -0.15) is 0 Å². The number of carbonyl (C=O) groups excluding carboxylic acids is 1. The molecule has 0 fully saturated rings. The molecule has 0 unspecified atom stereocenters. The monoisotopic (exact) mass is 328 g/mol. The third kappa shape index (κ3) is 5.83. The Morgan fingerprint density at radius 2 is 2.04 bits per heavy atom. The quantitative estimate of drug-likeness (QED) is 0.554. The number of hydrogen-bond donors (Lipinski definition) is 0. The van der Waals surface area contributed by atoms with E-state index in [0.717, 1.165) is 12.0 Å². The van der Waals surface area contributed by atoms with E-state index < -0.39 is 0 Å². The minimum Gasteiger partial charge on any atom is -0.341 e. The minimum atomic E-state index is 0.253. The zero-order valence-electron chi connectivity index (χ0n) is 14.2. The van der Waals surface area contributed by atoms with E-state index in [1.54, 1.807) is 11.3 Å². The summed E-state index contributed by atoms with van der Waals surface area (Å²) in [6, 6.07) is 13.4. The summed E-state index contributed by atoms with van der Waals surface area (Å²) in [5.74, 6) is 0.253. The summed E-state index contributed by atoms with van der Waals surface area (Å²) in [4.78, 5) is 15.3. The van der Waals surface area contributed by atoms with Crippen LogP contribution < -0.4 is 0 Å². The van der Waals surface area contributed by atoms with Gasteiger partial charge in [-0.05, 0) is 35.1 Å². The lowest BCUT2D eigenvalue weighted by Crippen LogP contribution is -2.25. The molecule has 0 bridgehead atoms. The number of amides is 1. The Balaban J connectivity index is 1.80. The van der Waals surface area contributed by atoms with Crippen LogP contribution in [-0.4, -0.2) is 17.9 Å². The van der Waals surface area contributed by atoms with Crippen LogP contribution in [0.3, 0.4) is 0 Å². The first-order valence-corrected chi connectivity index (χ1v) is 9.37. The van der Waals surface area contributed by atoms with Crippen LogP contribution in [0.2, 0.25) is 0 Å². The molecule has 0 aliphatic carbocycles. The SMILES string of the molecule is CCCCCCCC(=O)N(C)Cc1cc(-c2[c]cccc2)cs1. The van der Waals surface area contributed by atoms with Crippen molar-refractivity contribution in [3.05, 3.63) is 46.7 Å². The van der Waals surface area contributed by atoms with Crippen molar-refractivity contribution in [3.63, 3.8) is 0 Å². The van der Waals surface area contributed by atoms with Gasteiger partial charge < -0.3 is 4.90 Å². The van der Waals surface area contributed by atoms with Gasteiger partial charge in [0.15, 0.2) is 0 Å². The predicted octanol–water partition coefficient (Wildman–Crippen LogP) is 5.53. The van der Waals surface area contributed by atoms with Gasteiger partial charge in [-0.25, -0.2) is 0 Å². The van der Waals surface area contributed by atoms with E-state index >= 15 is 0 Å². The Morgan fingerprint density at radius 3 is 2.78 bits per heavy atom. The Hall–Kier alpha value is -1.61. The summed E-state index contributed by atoms with van der Waals surface area (Å²) < 4.78 is 0. The summed E-state index contributed by atoms with van der Waals surface area (Å²) >= 11 is 1.71. The molecule has 0 spiro atoms. The Morgan fingerprint density at radius 1 is 1.22 bits per heavy atom. The molecule has 123 valence electrons. The molecular formula is C20H26NOS. The lowest BCUT2D eigenvalue weighted by Gasteiger charge is -2.16. The molecule has 0 saturated heterocycles. The molecule has 1 aromatic heterocycles. The molecule has 0 N–H and O–H groups in total. The van der Waals surface area contributed by atoms with E-state index in [0.29, 0.717) is 13.0 Å². The van der Waals surface area contributed by atoms with Crippen LogP contribution in [0.15, 0.2) is 35.7 Å². The van der Waals surface area contributed by atoms with E-state index in [9.17, 15) is 4.79 Å². The second-order valence-electron chi connectivity index (χ2n) is 5.99. The molecule has 1 radical (unpaired) electrons. The molecule has 2 aromatic rings. The van der Waals surface area contributed by atoms with E-state index in [1.165, 1.54) is 36.1 Å². The van der Waals surface area contributed by atoms with Crippen molar-refractivity contribution >= 4 is 17.2 Å². The first kappa shape index (κ1) is 17.7. The fourth-order valence-electron chi connectivity index (χ4n) is 2.57. The molecule has 2 nitrogen and oxygen atoms in total. The van der Waals surface area contributed by atoms with Crippen LogP contribution in [0.25, 0.3) is 11.1 Å². The van der Waals surface area contributed by atoms with Gasteiger partial charge in [0.2, 0.25) is 5.91 Å². The maximum Gasteiger partial charge on any atom is 0.222 e. The number of carbonyl (C=O) groups is 1. The summed E-state index contributed by atoms with van der Waals surface area (Å²) in [5.41, 5.74) is 2.30. The third-order valence-electron chi connectivity index (χ3n) is 3.99. The highest BCUT2D eigenvalue weighted by atomic mass is 32.1. The zero-order chi connectivity index (χ0) is 16.5. The fourth-order valence-corrected chi connectivity index (χ4v) is 3.51. The first-order valence-electron chi connectivity index (χ1n) is 8.49. The van der Waals surface area contributed by atoms with Crippen molar-refractivity contribution in [3.8, 4) is 11.1 Å². The van der Waals surface area contributed by atoms with Crippen LogP contribution in [0, 0.1) is 6.07 Å². The normalized spacial score (nSPS) is 10.7. The van der Waals surface area contributed by atoms with Crippen LogP contribution in [0.5, 0.6) is 0 Å². The summed E-state index contributed by atoms with van der Waals surface area (Å²) in [5, 5.41) is 2.14. The van der Waals surface area contributed by atoms with Gasteiger partial charge in [0.25, 0.3) is 0 Å². The lowest BCUT2D eigenvalue weighted by atomic mass is 10.1. The van der Waals surface area contributed by atoms with Crippen molar-refractivity contribution in [2.24, 2.45) is 0 Å². The van der Waals surface area contributed by atoms with Gasteiger partial charge in [-0.15, -0.1) is 11.3 Å². The first-order chi connectivity index (χ1) is 11.2. The van der Waals surface area contributed by atoms with Gasteiger partial charge in [0.1, 0.15) is 0 Å². The molecule has 3 heteroatoms. The van der Waals surface area contributed by atoms with Crippen LogP contribution >= 0.6 is 11.3 Å². The number of benzene rings is 1. The predicted molar refractivity (Wildman–Crippen MR) is 98.4 cm³/mol. The van der Waals surface area contributed by atoms with E-state index in [4.69, 9.17) is 0 Å². The van der Waals surface area contributed by atoms with Crippen molar-refractivity contribution in [1.29, 1.82) is 0 Å². The van der Waals surface area contributed by atoms with Crippen molar-refractivity contribution < 1.29 is 4.79 Å². The molecule has 2 rings (SSSR count). The molecule has 0 aliphatic heterocycles. The summed E-state index contributed by atoms with van der Waals surface area (Å²) in [7, 11) is 1.91. The second kappa shape index (κ2) is 9.51. The number of hydrogen-bond acceptors (Lipinski definition) is 2. The summed E-state index contributed by atoms with van der Waals surface area (Å²) in [6.07, 6.45) is 6.62. The molecule has 1 heterocycles. The van der Waals surface area contributed by atoms with E-state index in [2.05, 4.69) is 30.5 Å². The molecular weight excluding hydrogens is 302 g/mol. The highest BCUT2D eigenvalue weighted by Gasteiger charge is 2.11. The van der Waals surface area contributed by atoms with Gasteiger partial charge in [-0.1, -0.05) is 56.9 Å². The molecule has 0 atom stereocenters. The van der Waals surface area contributed by atoms with Gasteiger partial charge in [-0.3, -0.25) is 4.79 Å². The highest BCUT2D eigenvalue weighted by Crippen LogP contribution is 2.26. The third-order valence-corrected chi connectivity index (χ3v) is 4.91. The standard InChI is InChI=1S/C20H26NOS/c1-3-4-5-6-10-13-20(22)21(2)15-19-14-18(16-23-19)17-11-8-7-9-12-17/h7-9,11,14,16H,3-6,10,13,15H2,1-2H3. The average Bonchev–Trinajstić information content (AvgIpc) is 3.03. The van der Waals surface area contributed by atoms with Crippen molar-refractivity contribution in [2.75, 3.05) is 7.05 Å². The summed E-state index contributed by atoms with van der Waals surface area (Å²) in [6.45, 7) is 2.91. The number of thiophene rings is 1. The van der Waals surface area contributed by atoms with Gasteiger partial charge in [0.05, 0.1) is 6.54 Å². The van der Waals surface area contributed by atoms with Crippen molar-refractivity contribution in [2.45, 2.75) is 52.0 Å². The number of rotatable bonds is 9. The maximum atomic E-state index is 12.2. The fraction of sp³-hybridized carbons (Fsp3) is 0.450. The average molecular weight is 329 g/mol. The van der Waals surface area contributed by atoms with Gasteiger partial charge in [0, 0.05) is 18.3 Å². The smallest absolute Gasteiger partial charge is 0.222 e. The zero-order valence-corrected chi connectivity index (χ0v) is 15.0. The largest absolute Gasteiger partial charge is 0.341 e. The Bertz CT molecular complexity index is 591. The maximum absolute atomic E-state index is 12.2. The molecule has 0 saturated carbocycles. The molecule has 1 aromatic carbocycles. The molecule has 1 amide bonds. The lowest BCUT2D eigenvalue weighted by molar-refractivity contribution is -0.130. The highest BCUT2D eigenvalue weighted by molar-refractivity contribution is 7.10. The number of nitrogens with zero attached hydrogens (tertiary/aromatic N) is 1. The van der Waals surface area contributed by atoms with Gasteiger partial charge >= 0.3 is 0 Å².